The Morgan fingerprint density at radius 1 is 0.500 bits per heavy atom. The molecular formula is C24H18O8. The fourth-order valence-corrected chi connectivity index (χ4v) is 2.72. The average Bonchev–Trinajstić information content (AvgIpc) is 2.83. The Kier molecular flexibility index (Phi) is 6.97. The van der Waals surface area contributed by atoms with Crippen LogP contribution in [0.1, 0.15) is 41.4 Å². The fourth-order valence-electron chi connectivity index (χ4n) is 2.72. The van der Waals surface area contributed by atoms with E-state index in [4.69, 9.17) is 9.47 Å². The number of carbonyl (C=O) groups excluding carboxylic acids is 4. The van der Waals surface area contributed by atoms with Crippen LogP contribution in [0.2, 0.25) is 0 Å². The molecule has 3 rings (SSSR count). The third-order valence-corrected chi connectivity index (χ3v) is 4.34. The number of hydrogen-bond donors (Lipinski definition) is 0. The molecule has 0 radical (unpaired) electrons. The van der Waals surface area contributed by atoms with Gasteiger partial charge < -0.3 is 18.9 Å². The fraction of sp³-hybridized carbons (Fsp3) is 0.0833. The highest BCUT2D eigenvalue weighted by molar-refractivity contribution is 6.04. The van der Waals surface area contributed by atoms with Crippen LogP contribution in [0, 0.1) is 0 Å². The molecule has 3 aromatic carbocycles. The normalized spacial score (nSPS) is 10.1. The van der Waals surface area contributed by atoms with Crippen molar-refractivity contribution in [2.75, 3.05) is 14.2 Å². The van der Waals surface area contributed by atoms with Crippen molar-refractivity contribution in [3.05, 3.63) is 95.1 Å². The summed E-state index contributed by atoms with van der Waals surface area (Å²) in [4.78, 5) is 48.3. The minimum absolute atomic E-state index is 0.000672. The van der Waals surface area contributed by atoms with Gasteiger partial charge in [-0.15, -0.1) is 0 Å². The molecule has 8 heteroatoms. The van der Waals surface area contributed by atoms with E-state index in [1.807, 2.05) is 0 Å². The first-order chi connectivity index (χ1) is 15.4. The van der Waals surface area contributed by atoms with Crippen LogP contribution in [0.4, 0.5) is 0 Å². The third kappa shape index (κ3) is 5.17. The van der Waals surface area contributed by atoms with Crippen molar-refractivity contribution in [1.82, 2.24) is 0 Å². The quantitative estimate of drug-likeness (QED) is 0.427. The van der Waals surface area contributed by atoms with Gasteiger partial charge in [0.15, 0.2) is 0 Å². The number of benzene rings is 3. The van der Waals surface area contributed by atoms with Gasteiger partial charge in [-0.05, 0) is 60.7 Å². The molecule has 0 bridgehead atoms. The SMILES string of the molecule is COC(=O)c1ccc(OC(=O)c2ccccc2C(=O)Oc2ccc(C(=O)OC)cc2)cc1. The van der Waals surface area contributed by atoms with E-state index < -0.39 is 23.9 Å². The lowest BCUT2D eigenvalue weighted by Crippen LogP contribution is -2.17. The van der Waals surface area contributed by atoms with Crippen LogP contribution in [0.15, 0.2) is 72.8 Å². The van der Waals surface area contributed by atoms with Gasteiger partial charge in [-0.25, -0.2) is 19.2 Å². The molecule has 0 unspecified atom stereocenters. The van der Waals surface area contributed by atoms with Crippen LogP contribution >= 0.6 is 0 Å². The number of methoxy groups -OCH3 is 2. The van der Waals surface area contributed by atoms with Gasteiger partial charge in [0, 0.05) is 0 Å². The molecule has 162 valence electrons. The van der Waals surface area contributed by atoms with E-state index in [9.17, 15) is 19.2 Å². The van der Waals surface area contributed by atoms with E-state index in [0.29, 0.717) is 11.1 Å². The predicted molar refractivity (Wildman–Crippen MR) is 112 cm³/mol. The maximum atomic E-state index is 12.6. The number of ether oxygens (including phenoxy) is 4. The molecule has 0 saturated carbocycles. The van der Waals surface area contributed by atoms with Gasteiger partial charge in [0.2, 0.25) is 0 Å². The second-order valence-electron chi connectivity index (χ2n) is 6.36. The summed E-state index contributed by atoms with van der Waals surface area (Å²) in [5.41, 5.74) is 0.602. The summed E-state index contributed by atoms with van der Waals surface area (Å²) in [6.07, 6.45) is 0. The highest BCUT2D eigenvalue weighted by atomic mass is 16.5. The van der Waals surface area contributed by atoms with Crippen molar-refractivity contribution in [2.24, 2.45) is 0 Å². The Morgan fingerprint density at radius 3 is 1.16 bits per heavy atom. The summed E-state index contributed by atoms with van der Waals surface area (Å²) >= 11 is 0. The summed E-state index contributed by atoms with van der Waals surface area (Å²) in [5, 5.41) is 0. The molecular weight excluding hydrogens is 416 g/mol. The third-order valence-electron chi connectivity index (χ3n) is 4.34. The van der Waals surface area contributed by atoms with Gasteiger partial charge in [-0.3, -0.25) is 0 Å². The molecule has 0 aliphatic heterocycles. The number of hydrogen-bond acceptors (Lipinski definition) is 8. The Balaban J connectivity index is 1.74. The van der Waals surface area contributed by atoms with E-state index >= 15 is 0 Å². The molecule has 8 nitrogen and oxygen atoms in total. The minimum atomic E-state index is -0.774. The Morgan fingerprint density at radius 2 is 0.844 bits per heavy atom. The molecule has 0 aliphatic rings. The zero-order valence-corrected chi connectivity index (χ0v) is 17.2. The first-order valence-electron chi connectivity index (χ1n) is 9.33. The Bertz CT molecular complexity index is 1050. The standard InChI is InChI=1S/C24H18O8/c1-29-21(25)15-7-11-17(12-8-15)31-23(27)19-5-3-4-6-20(19)24(28)32-18-13-9-16(10-14-18)22(26)30-2/h3-14H,1-2H3. The van der Waals surface area contributed by atoms with Crippen molar-refractivity contribution in [3.63, 3.8) is 0 Å². The van der Waals surface area contributed by atoms with E-state index in [1.54, 1.807) is 12.1 Å². The molecule has 0 amide bonds. The smallest absolute Gasteiger partial charge is 0.344 e. The lowest BCUT2D eigenvalue weighted by Gasteiger charge is -2.10. The highest BCUT2D eigenvalue weighted by Gasteiger charge is 2.20. The summed E-state index contributed by atoms with van der Waals surface area (Å²) in [6, 6.07) is 17.6. The van der Waals surface area contributed by atoms with Gasteiger partial charge in [-0.1, -0.05) is 12.1 Å². The molecule has 0 aliphatic carbocycles. The zero-order chi connectivity index (χ0) is 23.1. The van der Waals surface area contributed by atoms with Crippen molar-refractivity contribution >= 4 is 23.9 Å². The van der Waals surface area contributed by atoms with E-state index in [2.05, 4.69) is 9.47 Å². The van der Waals surface area contributed by atoms with E-state index in [0.717, 1.165) is 0 Å². The largest absolute Gasteiger partial charge is 0.465 e. The molecule has 0 fully saturated rings. The second-order valence-corrected chi connectivity index (χ2v) is 6.36. The first-order valence-corrected chi connectivity index (χ1v) is 9.33. The van der Waals surface area contributed by atoms with Crippen molar-refractivity contribution < 1.29 is 38.1 Å². The van der Waals surface area contributed by atoms with Gasteiger partial charge in [0.05, 0.1) is 36.5 Å². The second kappa shape index (κ2) is 10.0. The maximum Gasteiger partial charge on any atom is 0.344 e. The summed E-state index contributed by atoms with van der Waals surface area (Å²) in [6.45, 7) is 0. The zero-order valence-electron chi connectivity index (χ0n) is 17.2. The maximum absolute atomic E-state index is 12.6. The van der Waals surface area contributed by atoms with Gasteiger partial charge in [-0.2, -0.15) is 0 Å². The summed E-state index contributed by atoms with van der Waals surface area (Å²) in [5.74, 6) is -2.21. The predicted octanol–water partition coefficient (Wildman–Crippen LogP) is 3.70. The van der Waals surface area contributed by atoms with Gasteiger partial charge >= 0.3 is 23.9 Å². The van der Waals surface area contributed by atoms with Crippen LogP contribution in [0.3, 0.4) is 0 Å². The van der Waals surface area contributed by atoms with Crippen LogP contribution in [-0.4, -0.2) is 38.1 Å². The minimum Gasteiger partial charge on any atom is -0.465 e. The van der Waals surface area contributed by atoms with E-state index in [-0.39, 0.29) is 22.6 Å². The van der Waals surface area contributed by atoms with Crippen molar-refractivity contribution in [2.45, 2.75) is 0 Å². The lowest BCUT2D eigenvalue weighted by atomic mass is 10.1. The molecule has 0 spiro atoms. The molecule has 0 saturated heterocycles. The van der Waals surface area contributed by atoms with E-state index in [1.165, 1.54) is 74.9 Å². The van der Waals surface area contributed by atoms with Gasteiger partial charge in [0.25, 0.3) is 0 Å². The molecule has 0 N–H and O–H groups in total. The first kappa shape index (κ1) is 22.2. The monoisotopic (exact) mass is 434 g/mol. The van der Waals surface area contributed by atoms with Crippen LogP contribution in [0.5, 0.6) is 11.5 Å². The Hall–Kier alpha value is -4.46. The highest BCUT2D eigenvalue weighted by Crippen LogP contribution is 2.19. The molecule has 3 aromatic rings. The van der Waals surface area contributed by atoms with Crippen LogP contribution in [-0.2, 0) is 9.47 Å². The van der Waals surface area contributed by atoms with Crippen molar-refractivity contribution in [3.8, 4) is 11.5 Å². The topological polar surface area (TPSA) is 105 Å². The van der Waals surface area contributed by atoms with Crippen molar-refractivity contribution in [1.29, 1.82) is 0 Å². The van der Waals surface area contributed by atoms with Crippen LogP contribution in [0.25, 0.3) is 0 Å². The average molecular weight is 434 g/mol. The molecule has 0 heterocycles. The number of carbonyl (C=O) groups is 4. The molecule has 32 heavy (non-hydrogen) atoms. The molecule has 0 atom stereocenters. The lowest BCUT2D eigenvalue weighted by molar-refractivity contribution is 0.0591. The number of esters is 4. The van der Waals surface area contributed by atoms with Crippen LogP contribution < -0.4 is 9.47 Å². The summed E-state index contributed by atoms with van der Waals surface area (Å²) < 4.78 is 19.9. The number of rotatable bonds is 6. The summed E-state index contributed by atoms with van der Waals surface area (Å²) in [7, 11) is 2.53. The van der Waals surface area contributed by atoms with Gasteiger partial charge in [0.1, 0.15) is 11.5 Å². The Labute approximate surface area is 183 Å². The molecule has 0 aromatic heterocycles.